The van der Waals surface area contributed by atoms with E-state index in [4.69, 9.17) is 0 Å². The van der Waals surface area contributed by atoms with Crippen LogP contribution in [0.25, 0.3) is 10.9 Å². The summed E-state index contributed by atoms with van der Waals surface area (Å²) in [5.41, 5.74) is 1.51. The number of benzene rings is 1. The van der Waals surface area contributed by atoms with Gasteiger partial charge in [-0.05, 0) is 17.5 Å². The fraction of sp³-hybridized carbons (Fsp3) is 0.133. The number of hydrogen-bond acceptors (Lipinski definition) is 3. The first kappa shape index (κ1) is 12.3. The van der Waals surface area contributed by atoms with Gasteiger partial charge in [0.2, 0.25) is 0 Å². The van der Waals surface area contributed by atoms with Crippen molar-refractivity contribution in [1.82, 2.24) is 19.9 Å². The van der Waals surface area contributed by atoms with Crippen LogP contribution in [0.1, 0.15) is 10.5 Å². The van der Waals surface area contributed by atoms with Crippen molar-refractivity contribution >= 4 is 16.8 Å². The second-order valence-electron chi connectivity index (χ2n) is 4.41. The second-order valence-corrected chi connectivity index (χ2v) is 4.41. The third-order valence-corrected chi connectivity index (χ3v) is 3.11. The molecular formula is C15H14N4O. The van der Waals surface area contributed by atoms with Crippen molar-refractivity contribution in [1.29, 1.82) is 0 Å². The molecule has 0 saturated heterocycles. The minimum atomic E-state index is -0.199. The Hall–Kier alpha value is -2.69. The van der Waals surface area contributed by atoms with Crippen LogP contribution < -0.4 is 5.32 Å². The summed E-state index contributed by atoms with van der Waals surface area (Å²) in [6.07, 6.45) is 6.54. The van der Waals surface area contributed by atoms with Crippen molar-refractivity contribution in [3.63, 3.8) is 0 Å². The van der Waals surface area contributed by atoms with Crippen LogP contribution in [0.15, 0.2) is 55.1 Å². The van der Waals surface area contributed by atoms with Crippen LogP contribution in [0.4, 0.5) is 0 Å². The zero-order valence-corrected chi connectivity index (χ0v) is 10.9. The predicted molar refractivity (Wildman–Crippen MR) is 76.3 cm³/mol. The molecule has 2 aromatic heterocycles. The molecule has 5 heteroatoms. The highest BCUT2D eigenvalue weighted by atomic mass is 16.1. The summed E-state index contributed by atoms with van der Waals surface area (Å²) in [5, 5.41) is 4.04. The second kappa shape index (κ2) is 5.52. The Bertz CT molecular complexity index is 721. The number of nitrogens with one attached hydrogen (secondary N) is 1. The number of aromatic nitrogens is 3. The molecule has 3 rings (SSSR count). The van der Waals surface area contributed by atoms with Gasteiger partial charge < -0.3 is 9.88 Å². The third-order valence-electron chi connectivity index (χ3n) is 3.11. The topological polar surface area (TPSA) is 59.8 Å². The van der Waals surface area contributed by atoms with Crippen LogP contribution in [-0.2, 0) is 6.54 Å². The first-order chi connectivity index (χ1) is 9.84. The summed E-state index contributed by atoms with van der Waals surface area (Å²) in [6, 6.07) is 10.2. The summed E-state index contributed by atoms with van der Waals surface area (Å²) >= 11 is 0. The molecule has 0 radical (unpaired) electrons. The van der Waals surface area contributed by atoms with Crippen molar-refractivity contribution in [2.24, 2.45) is 0 Å². The molecule has 1 N–H and O–H groups in total. The van der Waals surface area contributed by atoms with Gasteiger partial charge in [-0.2, -0.15) is 0 Å². The molecule has 3 aromatic rings. The van der Waals surface area contributed by atoms with Gasteiger partial charge in [0.05, 0.1) is 6.20 Å². The summed E-state index contributed by atoms with van der Waals surface area (Å²) in [5.74, 6) is -0.199. The highest BCUT2D eigenvalue weighted by molar-refractivity contribution is 5.91. The van der Waals surface area contributed by atoms with Crippen molar-refractivity contribution in [3.8, 4) is 0 Å². The van der Waals surface area contributed by atoms with Crippen LogP contribution in [0.2, 0.25) is 0 Å². The molecule has 0 aliphatic rings. The molecule has 0 bridgehead atoms. The number of nitrogens with zero attached hydrogens (tertiary/aromatic N) is 3. The molecule has 1 aromatic carbocycles. The SMILES string of the molecule is O=C(NCCn1ccc2ccccc21)c1cnccn1. The van der Waals surface area contributed by atoms with E-state index < -0.39 is 0 Å². The molecule has 0 spiro atoms. The molecule has 0 atom stereocenters. The van der Waals surface area contributed by atoms with E-state index in [9.17, 15) is 4.79 Å². The Kier molecular flexibility index (Phi) is 3.41. The lowest BCUT2D eigenvalue weighted by molar-refractivity contribution is 0.0947. The predicted octanol–water partition coefficient (Wildman–Crippen LogP) is 1.86. The van der Waals surface area contributed by atoms with E-state index in [0.717, 1.165) is 6.54 Å². The lowest BCUT2D eigenvalue weighted by Crippen LogP contribution is -2.27. The van der Waals surface area contributed by atoms with Gasteiger partial charge in [-0.25, -0.2) is 4.98 Å². The molecule has 0 aliphatic carbocycles. The van der Waals surface area contributed by atoms with Gasteiger partial charge in [0.15, 0.2) is 0 Å². The normalized spacial score (nSPS) is 10.6. The van der Waals surface area contributed by atoms with Crippen LogP contribution in [0.3, 0.4) is 0 Å². The molecule has 0 aliphatic heterocycles. The van der Waals surface area contributed by atoms with E-state index >= 15 is 0 Å². The smallest absolute Gasteiger partial charge is 0.271 e. The maximum absolute atomic E-state index is 11.8. The summed E-state index contributed by atoms with van der Waals surface area (Å²) in [7, 11) is 0. The van der Waals surface area contributed by atoms with Crippen molar-refractivity contribution in [3.05, 3.63) is 60.8 Å². The summed E-state index contributed by atoms with van der Waals surface area (Å²) < 4.78 is 2.12. The summed E-state index contributed by atoms with van der Waals surface area (Å²) in [6.45, 7) is 1.27. The van der Waals surface area contributed by atoms with Gasteiger partial charge in [0.25, 0.3) is 5.91 Å². The maximum Gasteiger partial charge on any atom is 0.271 e. The van der Waals surface area contributed by atoms with E-state index in [-0.39, 0.29) is 5.91 Å². The van der Waals surface area contributed by atoms with Gasteiger partial charge in [0, 0.05) is 37.2 Å². The largest absolute Gasteiger partial charge is 0.349 e. The fourth-order valence-corrected chi connectivity index (χ4v) is 2.13. The number of amides is 1. The number of para-hydroxylation sites is 1. The Morgan fingerprint density at radius 3 is 2.95 bits per heavy atom. The van der Waals surface area contributed by atoms with Gasteiger partial charge in [-0.1, -0.05) is 18.2 Å². The van der Waals surface area contributed by atoms with Crippen LogP contribution >= 0.6 is 0 Å². The first-order valence-electron chi connectivity index (χ1n) is 6.43. The zero-order valence-electron chi connectivity index (χ0n) is 10.9. The standard InChI is InChI=1S/C15H14N4O/c20-15(13-11-16-6-7-17-13)18-8-10-19-9-5-12-3-1-2-4-14(12)19/h1-7,9,11H,8,10H2,(H,18,20). The quantitative estimate of drug-likeness (QED) is 0.784. The Labute approximate surface area is 116 Å². The molecule has 1 amide bonds. The number of fused-ring (bicyclic) bond motifs is 1. The third kappa shape index (κ3) is 2.51. The molecule has 0 unspecified atom stereocenters. The molecule has 5 nitrogen and oxygen atoms in total. The van der Waals surface area contributed by atoms with E-state index in [2.05, 4.69) is 38.1 Å². The number of rotatable bonds is 4. The molecule has 100 valence electrons. The zero-order chi connectivity index (χ0) is 13.8. The molecule has 20 heavy (non-hydrogen) atoms. The summed E-state index contributed by atoms with van der Waals surface area (Å²) in [4.78, 5) is 19.7. The van der Waals surface area contributed by atoms with Gasteiger partial charge in [-0.15, -0.1) is 0 Å². The van der Waals surface area contributed by atoms with Crippen LogP contribution in [0.5, 0.6) is 0 Å². The maximum atomic E-state index is 11.8. The van der Waals surface area contributed by atoms with E-state index in [1.54, 1.807) is 6.20 Å². The van der Waals surface area contributed by atoms with Gasteiger partial charge in [0.1, 0.15) is 5.69 Å². The Balaban J connectivity index is 1.62. The van der Waals surface area contributed by atoms with E-state index in [1.807, 2.05) is 18.3 Å². The average molecular weight is 266 g/mol. The fourth-order valence-electron chi connectivity index (χ4n) is 2.13. The monoisotopic (exact) mass is 266 g/mol. The highest BCUT2D eigenvalue weighted by Gasteiger charge is 2.06. The molecule has 2 heterocycles. The van der Waals surface area contributed by atoms with E-state index in [0.29, 0.717) is 12.2 Å². The van der Waals surface area contributed by atoms with E-state index in [1.165, 1.54) is 23.3 Å². The molecule has 0 fully saturated rings. The lowest BCUT2D eigenvalue weighted by Gasteiger charge is -2.07. The van der Waals surface area contributed by atoms with Crippen LogP contribution in [0, 0.1) is 0 Å². The van der Waals surface area contributed by atoms with Crippen molar-refractivity contribution in [2.45, 2.75) is 6.54 Å². The molecule has 0 saturated carbocycles. The minimum Gasteiger partial charge on any atom is -0.349 e. The highest BCUT2D eigenvalue weighted by Crippen LogP contribution is 2.14. The van der Waals surface area contributed by atoms with Gasteiger partial charge >= 0.3 is 0 Å². The van der Waals surface area contributed by atoms with Crippen LogP contribution in [-0.4, -0.2) is 27.0 Å². The Morgan fingerprint density at radius 2 is 2.10 bits per heavy atom. The van der Waals surface area contributed by atoms with Crippen molar-refractivity contribution in [2.75, 3.05) is 6.54 Å². The lowest BCUT2D eigenvalue weighted by atomic mass is 10.2. The number of carbonyl (C=O) groups excluding carboxylic acids is 1. The van der Waals surface area contributed by atoms with Gasteiger partial charge in [-0.3, -0.25) is 9.78 Å². The molecular weight excluding hydrogens is 252 g/mol. The van der Waals surface area contributed by atoms with Crippen molar-refractivity contribution < 1.29 is 4.79 Å². The number of hydrogen-bond donors (Lipinski definition) is 1. The number of carbonyl (C=O) groups is 1. The Morgan fingerprint density at radius 1 is 1.20 bits per heavy atom. The first-order valence-corrected chi connectivity index (χ1v) is 6.43. The average Bonchev–Trinajstić information content (AvgIpc) is 2.92. The minimum absolute atomic E-state index is 0.199.